The molecule has 1 fully saturated rings. The second-order valence-electron chi connectivity index (χ2n) is 9.19. The zero-order valence-electron chi connectivity index (χ0n) is 18.8. The summed E-state index contributed by atoms with van der Waals surface area (Å²) in [5.74, 6) is -0.142. The van der Waals surface area contributed by atoms with Crippen LogP contribution in [0.15, 0.2) is 40.8 Å². The Kier molecular flexibility index (Phi) is 6.78. The molecular weight excluding hydrogens is 468 g/mol. The molecule has 0 spiro atoms. The lowest BCUT2D eigenvalue weighted by molar-refractivity contribution is 0.0204. The molecule has 0 unspecified atom stereocenters. The van der Waals surface area contributed by atoms with E-state index < -0.39 is 11.4 Å². The Bertz CT molecular complexity index is 1160. The summed E-state index contributed by atoms with van der Waals surface area (Å²) >= 11 is 12.2. The van der Waals surface area contributed by atoms with E-state index in [1.54, 1.807) is 29.2 Å². The molecule has 0 saturated carbocycles. The molecule has 8 heteroatoms. The summed E-state index contributed by atoms with van der Waals surface area (Å²) in [6.07, 6.45) is 1.07. The van der Waals surface area contributed by atoms with Gasteiger partial charge in [-0.2, -0.15) is 0 Å². The standard InChI is InChI=1S/C25H26Cl2FNO4/c1-25(2,3)33-24(30)29-11-9-15(10-12-29)17-5-4-6-20(28)23(17)31-14-16-7-8-19(26)18-13-21(27)32-22(16)18/h4-8,13,15H,9-12,14H2,1-3H3. The molecule has 2 aromatic carbocycles. The molecule has 0 bridgehead atoms. The zero-order chi connectivity index (χ0) is 23.8. The highest BCUT2D eigenvalue weighted by Gasteiger charge is 2.29. The van der Waals surface area contributed by atoms with Crippen LogP contribution in [0.4, 0.5) is 9.18 Å². The number of hydrogen-bond donors (Lipinski definition) is 0. The number of fused-ring (bicyclic) bond motifs is 1. The second-order valence-corrected chi connectivity index (χ2v) is 9.97. The SMILES string of the molecule is CC(C)(C)OC(=O)N1CCC(c2cccc(F)c2OCc2ccc(Cl)c3cc(Cl)oc23)CC1. The van der Waals surface area contributed by atoms with Gasteiger partial charge in [0.2, 0.25) is 0 Å². The number of ether oxygens (including phenoxy) is 2. The van der Waals surface area contributed by atoms with Crippen molar-refractivity contribution in [2.75, 3.05) is 13.1 Å². The van der Waals surface area contributed by atoms with Crippen LogP contribution in [0, 0.1) is 5.82 Å². The predicted molar refractivity (Wildman–Crippen MR) is 127 cm³/mol. The van der Waals surface area contributed by atoms with Gasteiger partial charge in [0.05, 0.1) is 5.02 Å². The number of benzene rings is 2. The van der Waals surface area contributed by atoms with Crippen molar-refractivity contribution in [2.24, 2.45) is 0 Å². The predicted octanol–water partition coefficient (Wildman–Crippen LogP) is 7.57. The summed E-state index contributed by atoms with van der Waals surface area (Å²) in [4.78, 5) is 14.1. The Morgan fingerprint density at radius 2 is 1.91 bits per heavy atom. The van der Waals surface area contributed by atoms with Crippen LogP contribution in [0.2, 0.25) is 10.2 Å². The van der Waals surface area contributed by atoms with Crippen LogP contribution in [0.1, 0.15) is 50.7 Å². The minimum Gasteiger partial charge on any atom is -0.485 e. The highest BCUT2D eigenvalue weighted by Crippen LogP contribution is 2.38. The maximum Gasteiger partial charge on any atom is 0.410 e. The van der Waals surface area contributed by atoms with E-state index in [0.717, 1.165) is 11.1 Å². The summed E-state index contributed by atoms with van der Waals surface area (Å²) in [5.41, 5.74) is 1.50. The van der Waals surface area contributed by atoms with Crippen LogP contribution in [0.3, 0.4) is 0 Å². The fourth-order valence-electron chi connectivity index (χ4n) is 4.08. The van der Waals surface area contributed by atoms with Crippen molar-refractivity contribution in [3.63, 3.8) is 0 Å². The molecule has 2 heterocycles. The third-order valence-corrected chi connectivity index (χ3v) is 6.15. The number of rotatable bonds is 4. The molecule has 1 saturated heterocycles. The Morgan fingerprint density at radius 1 is 1.18 bits per heavy atom. The fraction of sp³-hybridized carbons (Fsp3) is 0.400. The van der Waals surface area contributed by atoms with Crippen molar-refractivity contribution >= 4 is 40.3 Å². The van der Waals surface area contributed by atoms with Crippen molar-refractivity contribution in [3.8, 4) is 5.75 Å². The first kappa shape index (κ1) is 23.7. The van der Waals surface area contributed by atoms with Crippen LogP contribution < -0.4 is 4.74 Å². The van der Waals surface area contributed by atoms with E-state index in [2.05, 4.69) is 0 Å². The summed E-state index contributed by atoms with van der Waals surface area (Å²) in [5, 5.41) is 1.43. The van der Waals surface area contributed by atoms with Crippen molar-refractivity contribution in [1.29, 1.82) is 0 Å². The van der Waals surface area contributed by atoms with E-state index in [-0.39, 0.29) is 29.6 Å². The minimum absolute atomic E-state index is 0.0673. The maximum atomic E-state index is 14.8. The molecule has 1 aliphatic heterocycles. The average molecular weight is 494 g/mol. The highest BCUT2D eigenvalue weighted by molar-refractivity contribution is 6.36. The molecule has 4 rings (SSSR count). The van der Waals surface area contributed by atoms with Crippen LogP contribution in [-0.2, 0) is 11.3 Å². The molecule has 0 radical (unpaired) electrons. The van der Waals surface area contributed by atoms with Gasteiger partial charge in [0.1, 0.15) is 17.8 Å². The number of piperidine rings is 1. The topological polar surface area (TPSA) is 51.9 Å². The number of carbonyl (C=O) groups is 1. The number of hydrogen-bond acceptors (Lipinski definition) is 4. The molecule has 0 aliphatic carbocycles. The molecule has 176 valence electrons. The Labute approximate surface area is 202 Å². The molecule has 0 N–H and O–H groups in total. The van der Waals surface area contributed by atoms with Crippen LogP contribution in [0.5, 0.6) is 5.75 Å². The summed E-state index contributed by atoms with van der Waals surface area (Å²) in [6.45, 7) is 6.72. The number of amides is 1. The first-order valence-electron chi connectivity index (χ1n) is 10.9. The molecule has 33 heavy (non-hydrogen) atoms. The normalized spacial score (nSPS) is 15.2. The Morgan fingerprint density at radius 3 is 2.61 bits per heavy atom. The number of likely N-dealkylation sites (tertiary alicyclic amines) is 1. The molecule has 3 aromatic rings. The van der Waals surface area contributed by atoms with E-state index in [4.69, 9.17) is 37.1 Å². The number of halogens is 3. The molecule has 1 aliphatic rings. The largest absolute Gasteiger partial charge is 0.485 e. The number of para-hydroxylation sites is 1. The van der Waals surface area contributed by atoms with Crippen molar-refractivity contribution in [2.45, 2.75) is 51.7 Å². The van der Waals surface area contributed by atoms with Gasteiger partial charge in [0.15, 0.2) is 16.8 Å². The van der Waals surface area contributed by atoms with Gasteiger partial charge in [-0.25, -0.2) is 9.18 Å². The van der Waals surface area contributed by atoms with Crippen molar-refractivity contribution in [3.05, 3.63) is 63.6 Å². The van der Waals surface area contributed by atoms with E-state index >= 15 is 0 Å². The quantitative estimate of drug-likeness (QED) is 0.375. The van der Waals surface area contributed by atoms with E-state index in [1.165, 1.54) is 6.07 Å². The number of nitrogens with zero attached hydrogens (tertiary/aromatic N) is 1. The van der Waals surface area contributed by atoms with Gasteiger partial charge < -0.3 is 18.8 Å². The summed E-state index contributed by atoms with van der Waals surface area (Å²) in [6, 6.07) is 10.1. The van der Waals surface area contributed by atoms with E-state index in [0.29, 0.717) is 41.9 Å². The highest BCUT2D eigenvalue weighted by atomic mass is 35.5. The van der Waals surface area contributed by atoms with Gasteiger partial charge in [-0.15, -0.1) is 0 Å². The third-order valence-electron chi connectivity index (χ3n) is 5.64. The second kappa shape index (κ2) is 9.43. The van der Waals surface area contributed by atoms with Crippen LogP contribution in [-0.4, -0.2) is 29.7 Å². The molecule has 0 atom stereocenters. The van der Waals surface area contributed by atoms with Crippen LogP contribution in [0.25, 0.3) is 11.0 Å². The lowest BCUT2D eigenvalue weighted by atomic mass is 9.89. The zero-order valence-corrected chi connectivity index (χ0v) is 20.3. The molecule has 1 amide bonds. The van der Waals surface area contributed by atoms with Crippen molar-refractivity contribution in [1.82, 2.24) is 4.90 Å². The van der Waals surface area contributed by atoms with Crippen molar-refractivity contribution < 1.29 is 23.1 Å². The first-order valence-corrected chi connectivity index (χ1v) is 11.6. The smallest absolute Gasteiger partial charge is 0.410 e. The van der Waals surface area contributed by atoms with Gasteiger partial charge in [-0.3, -0.25) is 0 Å². The monoisotopic (exact) mass is 493 g/mol. The minimum atomic E-state index is -0.539. The number of carbonyl (C=O) groups excluding carboxylic acids is 1. The van der Waals surface area contributed by atoms with E-state index in [1.807, 2.05) is 26.8 Å². The van der Waals surface area contributed by atoms with Gasteiger partial charge in [-0.05, 0) is 63.3 Å². The molecule has 1 aromatic heterocycles. The van der Waals surface area contributed by atoms with Gasteiger partial charge in [-0.1, -0.05) is 29.8 Å². The van der Waals surface area contributed by atoms with Gasteiger partial charge >= 0.3 is 6.09 Å². The van der Waals surface area contributed by atoms with Crippen LogP contribution >= 0.6 is 23.2 Å². The average Bonchev–Trinajstić information content (AvgIpc) is 3.15. The van der Waals surface area contributed by atoms with Gasteiger partial charge in [0.25, 0.3) is 0 Å². The van der Waals surface area contributed by atoms with Gasteiger partial charge in [0, 0.05) is 35.7 Å². The molecular formula is C25H26Cl2FNO4. The third kappa shape index (κ3) is 5.39. The Balaban J connectivity index is 1.49. The summed E-state index contributed by atoms with van der Waals surface area (Å²) < 4.78 is 31.8. The number of furan rings is 1. The Hall–Kier alpha value is -2.44. The fourth-order valence-corrected chi connectivity index (χ4v) is 4.47. The summed E-state index contributed by atoms with van der Waals surface area (Å²) in [7, 11) is 0. The lowest BCUT2D eigenvalue weighted by Gasteiger charge is -2.34. The first-order chi connectivity index (χ1) is 15.6. The van der Waals surface area contributed by atoms with E-state index in [9.17, 15) is 9.18 Å². The maximum absolute atomic E-state index is 14.8. The molecule has 5 nitrogen and oxygen atoms in total. The lowest BCUT2D eigenvalue weighted by Crippen LogP contribution is -2.41.